The molecule has 0 fully saturated rings. The van der Waals surface area contributed by atoms with Gasteiger partial charge in [-0.15, -0.1) is 0 Å². The van der Waals surface area contributed by atoms with Crippen molar-refractivity contribution in [2.24, 2.45) is 0 Å². The zero-order valence-corrected chi connectivity index (χ0v) is 15.1. The fourth-order valence-corrected chi connectivity index (χ4v) is 3.49. The van der Waals surface area contributed by atoms with Crippen LogP contribution < -0.4 is 5.56 Å². The molecule has 0 aliphatic heterocycles. The van der Waals surface area contributed by atoms with E-state index in [0.29, 0.717) is 22.6 Å². The monoisotopic (exact) mass is 354 g/mol. The molecule has 128 valence electrons. The second-order valence-corrected chi connectivity index (χ2v) is 6.89. The van der Waals surface area contributed by atoms with Crippen molar-refractivity contribution in [3.63, 3.8) is 0 Å². The number of thiazole rings is 1. The molecule has 25 heavy (non-hydrogen) atoms. The van der Waals surface area contributed by atoms with E-state index in [1.807, 2.05) is 32.9 Å². The zero-order chi connectivity index (χ0) is 18.1. The fraction of sp³-hybridized carbons (Fsp3) is 0.211. The number of benzene rings is 1. The van der Waals surface area contributed by atoms with Crippen LogP contribution in [0, 0.1) is 13.8 Å². The molecule has 2 aromatic heterocycles. The lowest BCUT2D eigenvalue weighted by Gasteiger charge is -2.04. The molecule has 0 aliphatic carbocycles. The van der Waals surface area contributed by atoms with Gasteiger partial charge in [0.15, 0.2) is 4.96 Å². The van der Waals surface area contributed by atoms with Gasteiger partial charge >= 0.3 is 5.97 Å². The van der Waals surface area contributed by atoms with E-state index in [-0.39, 0.29) is 10.4 Å². The minimum absolute atomic E-state index is 0.0994. The van der Waals surface area contributed by atoms with E-state index in [1.165, 1.54) is 10.6 Å². The third-order valence-electron chi connectivity index (χ3n) is 4.08. The number of nitrogens with zero attached hydrogens (tertiary/aromatic N) is 2. The molecule has 0 spiro atoms. The van der Waals surface area contributed by atoms with Crippen LogP contribution in [-0.2, 0) is 6.42 Å². The highest BCUT2D eigenvalue weighted by Gasteiger charge is 2.15. The number of hydrogen-bond acceptors (Lipinski definition) is 4. The van der Waals surface area contributed by atoms with E-state index >= 15 is 0 Å². The molecular formula is C19H18N2O3S. The van der Waals surface area contributed by atoms with Crippen molar-refractivity contribution in [3.05, 3.63) is 67.6 Å². The lowest BCUT2D eigenvalue weighted by atomic mass is 10.0. The fourth-order valence-electron chi connectivity index (χ4n) is 2.67. The number of aryl methyl sites for hydroxylation is 2. The average Bonchev–Trinajstić information content (AvgIpc) is 3.00. The molecule has 0 aliphatic rings. The quantitative estimate of drug-likeness (QED) is 0.773. The number of carboxylic acid groups (broad SMARTS) is 1. The number of fused-ring (bicyclic) bond motifs is 1. The van der Waals surface area contributed by atoms with Gasteiger partial charge in [0.05, 0.1) is 5.69 Å². The van der Waals surface area contributed by atoms with E-state index in [1.54, 1.807) is 0 Å². The maximum Gasteiger partial charge on any atom is 0.347 e. The molecule has 2 heterocycles. The molecule has 0 atom stereocenters. The number of carboxylic acids is 1. The van der Waals surface area contributed by atoms with Gasteiger partial charge in [-0.1, -0.05) is 48.1 Å². The summed E-state index contributed by atoms with van der Waals surface area (Å²) < 4.78 is 1.32. The molecule has 1 N–H and O–H groups in total. The Hall–Kier alpha value is -2.73. The molecule has 0 amide bonds. The van der Waals surface area contributed by atoms with Crippen LogP contribution in [0.25, 0.3) is 17.1 Å². The summed E-state index contributed by atoms with van der Waals surface area (Å²) in [5.74, 6) is -1.06. The molecule has 5 nitrogen and oxygen atoms in total. The summed E-state index contributed by atoms with van der Waals surface area (Å²) in [5.41, 5.74) is 4.33. The summed E-state index contributed by atoms with van der Waals surface area (Å²) in [6.45, 7) is 5.96. The van der Waals surface area contributed by atoms with Crippen molar-refractivity contribution in [2.75, 3.05) is 0 Å². The highest BCUT2D eigenvalue weighted by Crippen LogP contribution is 2.19. The number of rotatable bonds is 4. The lowest BCUT2D eigenvalue weighted by molar-refractivity contribution is 0.0701. The van der Waals surface area contributed by atoms with Gasteiger partial charge in [-0.2, -0.15) is 0 Å². The van der Waals surface area contributed by atoms with Crippen LogP contribution in [0.2, 0.25) is 0 Å². The molecule has 0 saturated carbocycles. The van der Waals surface area contributed by atoms with Crippen LogP contribution in [0.5, 0.6) is 0 Å². The van der Waals surface area contributed by atoms with E-state index in [2.05, 4.69) is 23.2 Å². The Morgan fingerprint density at radius 3 is 2.76 bits per heavy atom. The molecule has 3 rings (SSSR count). The summed E-state index contributed by atoms with van der Waals surface area (Å²) in [6, 6.07) is 6.19. The van der Waals surface area contributed by atoms with E-state index in [4.69, 9.17) is 5.11 Å². The van der Waals surface area contributed by atoms with Crippen LogP contribution in [-0.4, -0.2) is 20.5 Å². The van der Waals surface area contributed by atoms with Crippen molar-refractivity contribution < 1.29 is 9.90 Å². The van der Waals surface area contributed by atoms with Gasteiger partial charge in [0.25, 0.3) is 5.56 Å². The van der Waals surface area contributed by atoms with E-state index in [9.17, 15) is 9.59 Å². The minimum Gasteiger partial charge on any atom is -0.477 e. The van der Waals surface area contributed by atoms with Crippen molar-refractivity contribution >= 4 is 34.4 Å². The Labute approximate surface area is 148 Å². The standard InChI is InChI=1S/C19H18N2O3S/c1-4-14-15(8-7-13-9-11(2)5-6-12(13)3)20-19-21(17(14)22)10-16(25-19)18(23)24/h5-10H,4H2,1-3H3,(H,23,24)/b8-7+. The van der Waals surface area contributed by atoms with E-state index in [0.717, 1.165) is 28.0 Å². The topological polar surface area (TPSA) is 71.7 Å². The van der Waals surface area contributed by atoms with E-state index < -0.39 is 5.97 Å². The zero-order valence-electron chi connectivity index (χ0n) is 14.2. The Balaban J connectivity index is 2.15. The van der Waals surface area contributed by atoms with Crippen LogP contribution >= 0.6 is 11.3 Å². The molecule has 6 heteroatoms. The van der Waals surface area contributed by atoms with Crippen LogP contribution in [0.1, 0.15) is 44.5 Å². The Kier molecular flexibility index (Phi) is 4.55. The Morgan fingerprint density at radius 1 is 1.32 bits per heavy atom. The van der Waals surface area contributed by atoms with Crippen LogP contribution in [0.3, 0.4) is 0 Å². The maximum atomic E-state index is 12.7. The minimum atomic E-state index is -1.06. The third-order valence-corrected chi connectivity index (χ3v) is 5.05. The third kappa shape index (κ3) is 3.25. The molecular weight excluding hydrogens is 336 g/mol. The predicted octanol–water partition coefficient (Wildman–Crippen LogP) is 3.80. The van der Waals surface area contributed by atoms with Gasteiger partial charge in [-0.05, 0) is 37.5 Å². The number of aromatic carboxylic acids is 1. The second-order valence-electron chi connectivity index (χ2n) is 5.88. The van der Waals surface area contributed by atoms with Gasteiger partial charge in [0.2, 0.25) is 0 Å². The second kappa shape index (κ2) is 6.64. The maximum absolute atomic E-state index is 12.7. The molecule has 0 saturated heterocycles. The number of carbonyl (C=O) groups is 1. The summed E-state index contributed by atoms with van der Waals surface area (Å²) >= 11 is 0.999. The first kappa shape index (κ1) is 17.1. The predicted molar refractivity (Wildman–Crippen MR) is 101 cm³/mol. The van der Waals surface area contributed by atoms with Crippen LogP contribution in [0.15, 0.2) is 29.2 Å². The number of hydrogen-bond donors (Lipinski definition) is 1. The summed E-state index contributed by atoms with van der Waals surface area (Å²) in [7, 11) is 0. The largest absolute Gasteiger partial charge is 0.477 e. The van der Waals surface area contributed by atoms with Crippen molar-refractivity contribution in [1.29, 1.82) is 0 Å². The van der Waals surface area contributed by atoms with Crippen molar-refractivity contribution in [3.8, 4) is 0 Å². The highest BCUT2D eigenvalue weighted by molar-refractivity contribution is 7.18. The first-order chi connectivity index (χ1) is 11.9. The van der Waals surface area contributed by atoms with Gasteiger partial charge in [0.1, 0.15) is 4.88 Å². The summed E-state index contributed by atoms with van der Waals surface area (Å²) in [6.07, 6.45) is 5.65. The Bertz CT molecular complexity index is 1060. The van der Waals surface area contributed by atoms with Gasteiger partial charge < -0.3 is 5.11 Å². The molecule has 1 aromatic carbocycles. The normalized spacial score (nSPS) is 11.5. The average molecular weight is 354 g/mol. The lowest BCUT2D eigenvalue weighted by Crippen LogP contribution is -2.19. The smallest absolute Gasteiger partial charge is 0.347 e. The SMILES string of the molecule is CCc1c(/C=C/c2cc(C)ccc2C)nc2sc(C(=O)O)cn2c1=O. The first-order valence-electron chi connectivity index (χ1n) is 7.94. The van der Waals surface area contributed by atoms with Gasteiger partial charge in [-0.3, -0.25) is 9.20 Å². The molecule has 0 bridgehead atoms. The molecule has 0 unspecified atom stereocenters. The van der Waals surface area contributed by atoms with Gasteiger partial charge in [0, 0.05) is 11.8 Å². The van der Waals surface area contributed by atoms with Gasteiger partial charge in [-0.25, -0.2) is 9.78 Å². The molecule has 0 radical (unpaired) electrons. The highest BCUT2D eigenvalue weighted by atomic mass is 32.1. The first-order valence-corrected chi connectivity index (χ1v) is 8.76. The summed E-state index contributed by atoms with van der Waals surface area (Å²) in [5, 5.41) is 9.13. The summed E-state index contributed by atoms with van der Waals surface area (Å²) in [4.78, 5) is 28.8. The van der Waals surface area contributed by atoms with Crippen LogP contribution in [0.4, 0.5) is 0 Å². The Morgan fingerprint density at radius 2 is 2.08 bits per heavy atom. The number of aromatic nitrogens is 2. The van der Waals surface area contributed by atoms with Crippen molar-refractivity contribution in [2.45, 2.75) is 27.2 Å². The van der Waals surface area contributed by atoms with Crippen molar-refractivity contribution in [1.82, 2.24) is 9.38 Å². The molecule has 3 aromatic rings.